The molecule has 2 aliphatic heterocycles. The smallest absolute Gasteiger partial charge is 0.229 e. The van der Waals surface area contributed by atoms with Gasteiger partial charge in [0.1, 0.15) is 5.02 Å². The van der Waals surface area contributed by atoms with Gasteiger partial charge in [0, 0.05) is 47.7 Å². The third kappa shape index (κ3) is 4.12. The van der Waals surface area contributed by atoms with Gasteiger partial charge >= 0.3 is 0 Å². The molecule has 0 saturated carbocycles. The summed E-state index contributed by atoms with van der Waals surface area (Å²) in [7, 11) is 2.18. The molecule has 0 spiro atoms. The molecule has 34 heavy (non-hydrogen) atoms. The fourth-order valence-electron chi connectivity index (χ4n) is 5.23. The largest absolute Gasteiger partial charge is 0.381 e. The molecule has 2 aromatic carbocycles. The third-order valence-corrected chi connectivity index (χ3v) is 7.01. The van der Waals surface area contributed by atoms with E-state index >= 15 is 0 Å². The van der Waals surface area contributed by atoms with Crippen molar-refractivity contribution in [3.63, 3.8) is 0 Å². The first-order valence-electron chi connectivity index (χ1n) is 11.7. The van der Waals surface area contributed by atoms with E-state index in [1.54, 1.807) is 6.20 Å². The zero-order chi connectivity index (χ0) is 24.0. The second-order valence-corrected chi connectivity index (χ2v) is 10.3. The minimum atomic E-state index is 0.119. The van der Waals surface area contributed by atoms with Gasteiger partial charge in [-0.05, 0) is 47.9 Å². The molecule has 6 nitrogen and oxygen atoms in total. The molecule has 0 unspecified atom stereocenters. The van der Waals surface area contributed by atoms with Gasteiger partial charge in [-0.2, -0.15) is 4.98 Å². The van der Waals surface area contributed by atoms with Crippen LogP contribution in [0.15, 0.2) is 43.1 Å². The molecular formula is C27H31ClN6. The van der Waals surface area contributed by atoms with Crippen molar-refractivity contribution in [2.45, 2.75) is 45.7 Å². The van der Waals surface area contributed by atoms with Crippen molar-refractivity contribution < 1.29 is 0 Å². The van der Waals surface area contributed by atoms with Crippen LogP contribution in [0.5, 0.6) is 0 Å². The molecule has 3 heterocycles. The Morgan fingerprint density at radius 2 is 2.00 bits per heavy atom. The molecule has 0 fully saturated rings. The molecule has 176 valence electrons. The predicted octanol–water partition coefficient (Wildman–Crippen LogP) is 5.98. The van der Waals surface area contributed by atoms with Crippen molar-refractivity contribution in [3.05, 3.63) is 75.9 Å². The van der Waals surface area contributed by atoms with E-state index in [-0.39, 0.29) is 5.41 Å². The van der Waals surface area contributed by atoms with Crippen molar-refractivity contribution in [2.75, 3.05) is 24.2 Å². The van der Waals surface area contributed by atoms with Gasteiger partial charge in [0.2, 0.25) is 5.95 Å². The van der Waals surface area contributed by atoms with Gasteiger partial charge in [-0.25, -0.2) is 4.98 Å². The molecule has 0 bridgehead atoms. The van der Waals surface area contributed by atoms with E-state index < -0.39 is 0 Å². The minimum absolute atomic E-state index is 0.119. The van der Waals surface area contributed by atoms with E-state index in [1.807, 2.05) is 12.1 Å². The van der Waals surface area contributed by atoms with Crippen LogP contribution in [-0.2, 0) is 24.9 Å². The number of fused-ring (bicyclic) bond motifs is 2. The molecule has 0 aliphatic carbocycles. The molecule has 0 atom stereocenters. The summed E-state index contributed by atoms with van der Waals surface area (Å²) in [6.45, 7) is 13.7. The zero-order valence-electron chi connectivity index (χ0n) is 20.2. The highest BCUT2D eigenvalue weighted by Gasteiger charge is 2.31. The van der Waals surface area contributed by atoms with Gasteiger partial charge in [-0.1, -0.05) is 57.2 Å². The van der Waals surface area contributed by atoms with Crippen LogP contribution in [-0.4, -0.2) is 28.5 Å². The average Bonchev–Trinajstić information content (AvgIpc) is 3.17. The van der Waals surface area contributed by atoms with Gasteiger partial charge in [0.05, 0.1) is 6.20 Å². The summed E-state index contributed by atoms with van der Waals surface area (Å²) < 4.78 is 0. The predicted molar refractivity (Wildman–Crippen MR) is 141 cm³/mol. The molecular weight excluding hydrogens is 444 g/mol. The first kappa shape index (κ1) is 22.7. The SMILES string of the molecule is C=C1NCc2cccc(Nc3nc(Nc4cc5c(cc4CC)C(C)(C)CN(C)C5)ncc3Cl)c21. The normalized spacial score (nSPS) is 16.6. The highest BCUT2D eigenvalue weighted by atomic mass is 35.5. The number of rotatable bonds is 5. The van der Waals surface area contributed by atoms with Crippen LogP contribution < -0.4 is 16.0 Å². The summed E-state index contributed by atoms with van der Waals surface area (Å²) >= 11 is 6.48. The zero-order valence-corrected chi connectivity index (χ0v) is 21.0. The maximum absolute atomic E-state index is 6.48. The average molecular weight is 475 g/mol. The van der Waals surface area contributed by atoms with Crippen molar-refractivity contribution >= 4 is 40.4 Å². The standard InChI is InChI=1S/C27H31ClN6/c1-6-17-10-20-19(14-34(5)15-27(20,3)4)11-23(17)32-26-30-13-21(28)25(33-26)31-22-9-7-8-18-12-29-16(2)24(18)22/h7-11,13,29H,2,6,12,14-15H2,1,3-5H3,(H2,30,31,32,33). The molecule has 3 aromatic rings. The van der Waals surface area contributed by atoms with Crippen LogP contribution in [0, 0.1) is 0 Å². The van der Waals surface area contributed by atoms with Crippen molar-refractivity contribution in [3.8, 4) is 0 Å². The maximum atomic E-state index is 6.48. The minimum Gasteiger partial charge on any atom is -0.381 e. The summed E-state index contributed by atoms with van der Waals surface area (Å²) in [6.07, 6.45) is 2.56. The third-order valence-electron chi connectivity index (χ3n) is 6.73. The molecule has 1 aromatic heterocycles. The van der Waals surface area contributed by atoms with Crippen molar-refractivity contribution in [1.29, 1.82) is 0 Å². The monoisotopic (exact) mass is 474 g/mol. The van der Waals surface area contributed by atoms with Gasteiger partial charge in [0.15, 0.2) is 5.82 Å². The number of aryl methyl sites for hydroxylation is 1. The Labute approximate surface area is 206 Å². The van der Waals surface area contributed by atoms with Gasteiger partial charge in [0.25, 0.3) is 0 Å². The van der Waals surface area contributed by atoms with E-state index in [9.17, 15) is 0 Å². The van der Waals surface area contributed by atoms with Crippen molar-refractivity contribution in [1.82, 2.24) is 20.2 Å². The fraction of sp³-hybridized carbons (Fsp3) is 0.333. The van der Waals surface area contributed by atoms with Crippen LogP contribution in [0.1, 0.15) is 48.6 Å². The van der Waals surface area contributed by atoms with E-state index in [1.165, 1.54) is 22.3 Å². The van der Waals surface area contributed by atoms with Crippen LogP contribution in [0.25, 0.3) is 5.70 Å². The second-order valence-electron chi connectivity index (χ2n) is 9.89. The lowest BCUT2D eigenvalue weighted by molar-refractivity contribution is 0.235. The number of nitrogens with zero attached hydrogens (tertiary/aromatic N) is 3. The lowest BCUT2D eigenvalue weighted by Crippen LogP contribution is -2.40. The Kier molecular flexibility index (Phi) is 5.74. The number of halogens is 1. The summed E-state index contributed by atoms with van der Waals surface area (Å²) in [5, 5.41) is 10.6. The molecule has 2 aliphatic rings. The highest BCUT2D eigenvalue weighted by molar-refractivity contribution is 6.33. The fourth-order valence-corrected chi connectivity index (χ4v) is 5.37. The Morgan fingerprint density at radius 1 is 1.18 bits per heavy atom. The van der Waals surface area contributed by atoms with Gasteiger partial charge in [-0.3, -0.25) is 0 Å². The molecule has 5 rings (SSSR count). The number of anilines is 4. The summed E-state index contributed by atoms with van der Waals surface area (Å²) in [6, 6.07) is 10.7. The lowest BCUT2D eigenvalue weighted by Gasteiger charge is -2.39. The van der Waals surface area contributed by atoms with Crippen LogP contribution in [0.3, 0.4) is 0 Å². The molecule has 0 saturated heterocycles. The second kappa shape index (κ2) is 8.60. The van der Waals surface area contributed by atoms with Gasteiger partial charge < -0.3 is 20.9 Å². The van der Waals surface area contributed by atoms with Crippen LogP contribution in [0.2, 0.25) is 5.02 Å². The topological polar surface area (TPSA) is 65.1 Å². The Hall–Kier alpha value is -3.09. The summed E-state index contributed by atoms with van der Waals surface area (Å²) in [5.74, 6) is 1.07. The number of hydrogen-bond donors (Lipinski definition) is 3. The number of benzene rings is 2. The van der Waals surface area contributed by atoms with Crippen LogP contribution >= 0.6 is 11.6 Å². The Bertz CT molecular complexity index is 1280. The van der Waals surface area contributed by atoms with E-state index in [0.717, 1.165) is 48.7 Å². The van der Waals surface area contributed by atoms with E-state index in [2.05, 4.69) is 78.4 Å². The first-order chi connectivity index (χ1) is 16.2. The van der Waals surface area contributed by atoms with Crippen LogP contribution in [0.4, 0.5) is 23.1 Å². The number of nitrogens with one attached hydrogen (secondary N) is 3. The molecule has 0 radical (unpaired) electrons. The Morgan fingerprint density at radius 3 is 2.79 bits per heavy atom. The summed E-state index contributed by atoms with van der Waals surface area (Å²) in [4.78, 5) is 11.6. The van der Waals surface area contributed by atoms with E-state index in [0.29, 0.717) is 16.8 Å². The number of aromatic nitrogens is 2. The Balaban J connectivity index is 1.47. The van der Waals surface area contributed by atoms with E-state index in [4.69, 9.17) is 16.6 Å². The first-order valence-corrected chi connectivity index (χ1v) is 12.1. The van der Waals surface area contributed by atoms with Gasteiger partial charge in [-0.15, -0.1) is 0 Å². The highest BCUT2D eigenvalue weighted by Crippen LogP contribution is 2.37. The summed E-state index contributed by atoms with van der Waals surface area (Å²) in [5.41, 5.74) is 9.29. The molecule has 3 N–H and O–H groups in total. The molecule has 0 amide bonds. The van der Waals surface area contributed by atoms with Crippen molar-refractivity contribution in [2.24, 2.45) is 0 Å². The molecule has 7 heteroatoms. The maximum Gasteiger partial charge on any atom is 0.229 e. The quantitative estimate of drug-likeness (QED) is 0.423. The lowest BCUT2D eigenvalue weighted by atomic mass is 9.77. The number of likely N-dealkylation sites (N-methyl/N-ethyl adjacent to an activating group) is 1. The number of hydrogen-bond acceptors (Lipinski definition) is 6.